The third-order valence-corrected chi connectivity index (χ3v) is 6.14. The average molecular weight is 470 g/mol. The standard InChI is InChI=1S/C29H27NO5/c1-15-7-10-23-22(13-15)30-25(29(33)34-23)24(26(31)21-9-8-17(3)18(4)14-21)28(32)35-27-19(5)11-16(2)12-20(27)6/h7-14,24H,1-6H3. The molecule has 1 atom stereocenters. The van der Waals surface area contributed by atoms with Crippen LogP contribution in [0.3, 0.4) is 0 Å². The normalized spacial score (nSPS) is 11.9. The van der Waals surface area contributed by atoms with Gasteiger partial charge in [-0.3, -0.25) is 9.59 Å². The maximum atomic E-state index is 13.7. The largest absolute Gasteiger partial charge is 0.425 e. The zero-order chi connectivity index (χ0) is 25.4. The van der Waals surface area contributed by atoms with Crippen molar-refractivity contribution in [2.45, 2.75) is 47.5 Å². The molecule has 0 aliphatic heterocycles. The maximum absolute atomic E-state index is 13.7. The molecule has 1 aromatic heterocycles. The number of hydrogen-bond donors (Lipinski definition) is 0. The maximum Gasteiger partial charge on any atom is 0.359 e. The Bertz CT molecular complexity index is 1520. The lowest BCUT2D eigenvalue weighted by Crippen LogP contribution is -2.32. The highest BCUT2D eigenvalue weighted by atomic mass is 16.5. The van der Waals surface area contributed by atoms with E-state index in [1.807, 2.05) is 53.7 Å². The van der Waals surface area contributed by atoms with Gasteiger partial charge in [0, 0.05) is 5.56 Å². The second kappa shape index (κ2) is 9.29. The molecule has 0 fully saturated rings. The molecule has 4 rings (SSSR count). The predicted octanol–water partition coefficient (Wildman–Crippen LogP) is 5.61. The van der Waals surface area contributed by atoms with E-state index in [1.54, 1.807) is 36.4 Å². The second-order valence-corrected chi connectivity index (χ2v) is 9.10. The zero-order valence-electron chi connectivity index (χ0n) is 20.7. The molecule has 0 bridgehead atoms. The lowest BCUT2D eigenvalue weighted by Gasteiger charge is -2.17. The number of aryl methyl sites for hydroxylation is 6. The molecule has 35 heavy (non-hydrogen) atoms. The van der Waals surface area contributed by atoms with E-state index < -0.39 is 23.3 Å². The smallest absolute Gasteiger partial charge is 0.359 e. The van der Waals surface area contributed by atoms with Crippen LogP contribution >= 0.6 is 0 Å². The van der Waals surface area contributed by atoms with Crippen molar-refractivity contribution >= 4 is 22.9 Å². The predicted molar refractivity (Wildman–Crippen MR) is 134 cm³/mol. The molecule has 1 heterocycles. The fourth-order valence-corrected chi connectivity index (χ4v) is 4.20. The third-order valence-electron chi connectivity index (χ3n) is 6.14. The highest BCUT2D eigenvalue weighted by Crippen LogP contribution is 2.29. The molecular weight excluding hydrogens is 442 g/mol. The Labute approximate surface area is 203 Å². The van der Waals surface area contributed by atoms with E-state index in [9.17, 15) is 14.4 Å². The number of aromatic nitrogens is 1. The van der Waals surface area contributed by atoms with Crippen LogP contribution in [0.5, 0.6) is 5.75 Å². The quantitative estimate of drug-likeness (QED) is 0.163. The van der Waals surface area contributed by atoms with Crippen molar-refractivity contribution in [3.8, 4) is 5.75 Å². The van der Waals surface area contributed by atoms with Crippen LogP contribution in [0.4, 0.5) is 0 Å². The van der Waals surface area contributed by atoms with Crippen LogP contribution in [-0.4, -0.2) is 16.7 Å². The van der Waals surface area contributed by atoms with E-state index in [0.717, 1.165) is 33.4 Å². The molecule has 0 aliphatic carbocycles. The van der Waals surface area contributed by atoms with Gasteiger partial charge in [0.05, 0.1) is 0 Å². The second-order valence-electron chi connectivity index (χ2n) is 9.10. The van der Waals surface area contributed by atoms with E-state index in [4.69, 9.17) is 9.15 Å². The first-order chi connectivity index (χ1) is 16.5. The van der Waals surface area contributed by atoms with Gasteiger partial charge >= 0.3 is 11.6 Å². The van der Waals surface area contributed by atoms with Crippen molar-refractivity contribution < 1.29 is 18.7 Å². The lowest BCUT2D eigenvalue weighted by atomic mass is 9.92. The Morgan fingerprint density at radius 3 is 2.14 bits per heavy atom. The number of carbonyl (C=O) groups is 2. The lowest BCUT2D eigenvalue weighted by molar-refractivity contribution is -0.135. The number of nitrogens with zero attached hydrogens (tertiary/aromatic N) is 1. The molecule has 0 radical (unpaired) electrons. The van der Waals surface area contributed by atoms with Crippen LogP contribution in [0.2, 0.25) is 0 Å². The minimum absolute atomic E-state index is 0.278. The molecule has 178 valence electrons. The highest BCUT2D eigenvalue weighted by Gasteiger charge is 2.36. The fraction of sp³-hybridized carbons (Fsp3) is 0.241. The number of benzene rings is 3. The van der Waals surface area contributed by atoms with E-state index in [-0.39, 0.29) is 16.8 Å². The summed E-state index contributed by atoms with van der Waals surface area (Å²) in [6, 6.07) is 14.1. The van der Waals surface area contributed by atoms with Crippen LogP contribution in [0, 0.1) is 41.5 Å². The summed E-state index contributed by atoms with van der Waals surface area (Å²) in [5, 5.41) is 0. The van der Waals surface area contributed by atoms with Crippen molar-refractivity contribution in [2.75, 3.05) is 0 Å². The summed E-state index contributed by atoms with van der Waals surface area (Å²) in [6.45, 7) is 11.3. The van der Waals surface area contributed by atoms with Crippen molar-refractivity contribution in [2.24, 2.45) is 0 Å². The van der Waals surface area contributed by atoms with Gasteiger partial charge in [0.2, 0.25) is 0 Å². The molecule has 0 saturated carbocycles. The zero-order valence-corrected chi connectivity index (χ0v) is 20.7. The minimum atomic E-state index is -1.58. The molecule has 0 N–H and O–H groups in total. The van der Waals surface area contributed by atoms with Crippen LogP contribution in [-0.2, 0) is 4.79 Å². The highest BCUT2D eigenvalue weighted by molar-refractivity contribution is 6.13. The summed E-state index contributed by atoms with van der Waals surface area (Å²) in [5.41, 5.74) is 5.13. The minimum Gasteiger partial charge on any atom is -0.425 e. The first-order valence-electron chi connectivity index (χ1n) is 11.4. The topological polar surface area (TPSA) is 86.5 Å². The molecule has 0 amide bonds. The fourth-order valence-electron chi connectivity index (χ4n) is 4.20. The van der Waals surface area contributed by atoms with Crippen molar-refractivity contribution in [1.82, 2.24) is 4.98 Å². The van der Waals surface area contributed by atoms with Gasteiger partial charge in [-0.2, -0.15) is 0 Å². The van der Waals surface area contributed by atoms with Gasteiger partial charge in [0.25, 0.3) is 0 Å². The Hall–Kier alpha value is -4.06. The molecule has 3 aromatic carbocycles. The van der Waals surface area contributed by atoms with E-state index >= 15 is 0 Å². The summed E-state index contributed by atoms with van der Waals surface area (Å²) in [7, 11) is 0. The Morgan fingerprint density at radius 2 is 1.49 bits per heavy atom. The van der Waals surface area contributed by atoms with Crippen molar-refractivity contribution in [3.63, 3.8) is 0 Å². The summed E-state index contributed by atoms with van der Waals surface area (Å²) in [6.07, 6.45) is 0. The molecule has 4 aromatic rings. The van der Waals surface area contributed by atoms with Gasteiger partial charge in [-0.15, -0.1) is 0 Å². The molecule has 6 heteroatoms. The van der Waals surface area contributed by atoms with Gasteiger partial charge in [0.1, 0.15) is 17.0 Å². The van der Waals surface area contributed by atoms with Gasteiger partial charge in [-0.25, -0.2) is 9.78 Å². The number of esters is 1. The first kappa shape index (κ1) is 24.1. The Morgan fingerprint density at radius 1 is 0.800 bits per heavy atom. The molecule has 0 saturated heterocycles. The van der Waals surface area contributed by atoms with Gasteiger partial charge in [-0.05, 0) is 87.6 Å². The molecular formula is C29H27NO5. The van der Waals surface area contributed by atoms with E-state index in [2.05, 4.69) is 4.98 Å². The Kier molecular flexibility index (Phi) is 6.39. The molecule has 0 spiro atoms. The SMILES string of the molecule is Cc1cc(C)c(OC(=O)C(C(=O)c2ccc(C)c(C)c2)c2nc3cc(C)ccc3oc2=O)c(C)c1. The number of rotatable bonds is 5. The van der Waals surface area contributed by atoms with Crippen LogP contribution < -0.4 is 10.4 Å². The first-order valence-corrected chi connectivity index (χ1v) is 11.4. The van der Waals surface area contributed by atoms with Crippen LogP contribution in [0.1, 0.15) is 55.4 Å². The Balaban J connectivity index is 1.87. The van der Waals surface area contributed by atoms with E-state index in [1.165, 1.54) is 0 Å². The number of ether oxygens (including phenoxy) is 1. The van der Waals surface area contributed by atoms with Gasteiger partial charge in [-0.1, -0.05) is 35.9 Å². The van der Waals surface area contributed by atoms with Crippen LogP contribution in [0.25, 0.3) is 11.1 Å². The van der Waals surface area contributed by atoms with Crippen LogP contribution in [0.15, 0.2) is 57.7 Å². The third kappa shape index (κ3) is 4.78. The molecule has 6 nitrogen and oxygen atoms in total. The van der Waals surface area contributed by atoms with Gasteiger partial charge < -0.3 is 9.15 Å². The summed E-state index contributed by atoms with van der Waals surface area (Å²) in [4.78, 5) is 44.6. The van der Waals surface area contributed by atoms with Crippen molar-refractivity contribution in [3.05, 3.63) is 104 Å². The molecule has 0 aliphatic rings. The summed E-state index contributed by atoms with van der Waals surface area (Å²) < 4.78 is 11.2. The number of ketones is 1. The van der Waals surface area contributed by atoms with E-state index in [0.29, 0.717) is 11.3 Å². The summed E-state index contributed by atoms with van der Waals surface area (Å²) >= 11 is 0. The number of carbonyl (C=O) groups excluding carboxylic acids is 2. The van der Waals surface area contributed by atoms with Crippen molar-refractivity contribution in [1.29, 1.82) is 0 Å². The molecule has 1 unspecified atom stereocenters. The average Bonchev–Trinajstić information content (AvgIpc) is 2.78. The number of fused-ring (bicyclic) bond motifs is 1. The number of Topliss-reactive ketones (excluding diaryl/α,β-unsaturated/α-hetero) is 1. The monoisotopic (exact) mass is 469 g/mol. The number of hydrogen-bond acceptors (Lipinski definition) is 6. The summed E-state index contributed by atoms with van der Waals surface area (Å²) in [5.74, 6) is -2.68. The van der Waals surface area contributed by atoms with Gasteiger partial charge in [0.15, 0.2) is 17.3 Å².